The maximum Gasteiger partial charge on any atom is 0.421 e. The van der Waals surface area contributed by atoms with Gasteiger partial charge in [0.15, 0.2) is 0 Å². The largest absolute Gasteiger partial charge is 0.421 e. The Morgan fingerprint density at radius 3 is 2.05 bits per heavy atom. The first-order valence-electron chi connectivity index (χ1n) is 5.08. The summed E-state index contributed by atoms with van der Waals surface area (Å²) in [5.41, 5.74) is -2.15. The number of nitrogens with zero attached hydrogens (tertiary/aromatic N) is 1. The first-order valence-corrected chi connectivity index (χ1v) is 6.22. The molecule has 0 saturated heterocycles. The number of halogens is 7. The average molecular weight is 345 g/mol. The maximum absolute atomic E-state index is 13.5. The summed E-state index contributed by atoms with van der Waals surface area (Å²) < 4.78 is 52.2. The Balaban J connectivity index is 2.74. The number of pyridine rings is 1. The van der Waals surface area contributed by atoms with E-state index in [1.165, 1.54) is 0 Å². The fourth-order valence-electron chi connectivity index (χ4n) is 1.62. The molecule has 0 atom stereocenters. The molecule has 0 unspecified atom stereocenters. The van der Waals surface area contributed by atoms with E-state index < -0.39 is 23.3 Å². The van der Waals surface area contributed by atoms with Gasteiger partial charge in [-0.2, -0.15) is 13.2 Å². The second kappa shape index (κ2) is 5.39. The molecule has 1 nitrogen and oxygen atoms in total. The zero-order chi connectivity index (χ0) is 15.1. The number of hydrogen-bond acceptors (Lipinski definition) is 1. The predicted octanol–water partition coefficient (Wildman–Crippen LogP) is 5.87. The van der Waals surface area contributed by atoms with Gasteiger partial charge >= 0.3 is 6.18 Å². The quantitative estimate of drug-likeness (QED) is 0.466. The highest BCUT2D eigenvalue weighted by molar-refractivity contribution is 6.48. The monoisotopic (exact) mass is 343 g/mol. The smallest absolute Gasteiger partial charge is 0.255 e. The van der Waals surface area contributed by atoms with Gasteiger partial charge in [-0.05, 0) is 18.2 Å². The van der Waals surface area contributed by atoms with Gasteiger partial charge < -0.3 is 0 Å². The summed E-state index contributed by atoms with van der Waals surface area (Å²) in [6, 6.07) is 2.92. The molecule has 20 heavy (non-hydrogen) atoms. The second-order valence-electron chi connectivity index (χ2n) is 3.77. The summed E-state index contributed by atoms with van der Waals surface area (Å²) in [4.78, 5) is 3.57. The number of aromatic nitrogens is 1. The van der Waals surface area contributed by atoms with Crippen LogP contribution in [-0.4, -0.2) is 4.98 Å². The van der Waals surface area contributed by atoms with Crippen LogP contribution >= 0.6 is 34.8 Å². The molecule has 1 heterocycles. The predicted molar refractivity (Wildman–Crippen MR) is 69.7 cm³/mol. The molecule has 0 aliphatic carbocycles. The van der Waals surface area contributed by atoms with Crippen molar-refractivity contribution in [3.63, 3.8) is 0 Å². The van der Waals surface area contributed by atoms with Gasteiger partial charge in [-0.25, -0.2) is 4.39 Å². The molecule has 1 aromatic carbocycles. The first-order chi connectivity index (χ1) is 9.21. The molecule has 0 amide bonds. The standard InChI is InChI=1S/C12H4Cl3F4N/c13-6-3-5(4-7(14)10(6)15)11-9(12(17,18)19)8(16)1-2-20-11/h1-4H. The van der Waals surface area contributed by atoms with Crippen molar-refractivity contribution in [2.75, 3.05) is 0 Å². The molecule has 2 rings (SSSR count). The summed E-state index contributed by atoms with van der Waals surface area (Å²) in [6.45, 7) is 0. The molecule has 2 aromatic rings. The Hall–Kier alpha value is -1.04. The highest BCUT2D eigenvalue weighted by atomic mass is 35.5. The van der Waals surface area contributed by atoms with Crippen molar-refractivity contribution in [3.05, 3.63) is 50.8 Å². The highest BCUT2D eigenvalue weighted by Gasteiger charge is 2.38. The zero-order valence-corrected chi connectivity index (χ0v) is 11.7. The van der Waals surface area contributed by atoms with Crippen LogP contribution in [0.15, 0.2) is 24.4 Å². The van der Waals surface area contributed by atoms with E-state index in [-0.39, 0.29) is 20.6 Å². The minimum absolute atomic E-state index is 0.00189. The molecule has 8 heteroatoms. The third-order valence-corrected chi connectivity index (χ3v) is 3.64. The van der Waals surface area contributed by atoms with Crippen LogP contribution < -0.4 is 0 Å². The number of rotatable bonds is 1. The molecular weight excluding hydrogens is 340 g/mol. The molecule has 1 aromatic heterocycles. The molecule has 0 aliphatic rings. The van der Waals surface area contributed by atoms with E-state index in [2.05, 4.69) is 4.98 Å². The minimum Gasteiger partial charge on any atom is -0.255 e. The summed E-state index contributed by atoms with van der Waals surface area (Å²) in [7, 11) is 0. The molecule has 0 N–H and O–H groups in total. The van der Waals surface area contributed by atoms with E-state index in [9.17, 15) is 17.6 Å². The van der Waals surface area contributed by atoms with Crippen molar-refractivity contribution >= 4 is 34.8 Å². The first kappa shape index (κ1) is 15.4. The SMILES string of the molecule is Fc1ccnc(-c2cc(Cl)c(Cl)c(Cl)c2)c1C(F)(F)F. The van der Waals surface area contributed by atoms with Crippen LogP contribution in [0.3, 0.4) is 0 Å². The topological polar surface area (TPSA) is 12.9 Å². The van der Waals surface area contributed by atoms with Gasteiger partial charge in [0.05, 0.1) is 20.8 Å². The van der Waals surface area contributed by atoms with Crippen LogP contribution in [0.2, 0.25) is 15.1 Å². The third kappa shape index (κ3) is 2.85. The fourth-order valence-corrected chi connectivity index (χ4v) is 2.22. The molecular formula is C12H4Cl3F4N. The summed E-state index contributed by atoms with van der Waals surface area (Å²) in [6.07, 6.45) is -3.97. The number of hydrogen-bond donors (Lipinski definition) is 0. The Morgan fingerprint density at radius 2 is 1.55 bits per heavy atom. The molecule has 0 bridgehead atoms. The lowest BCUT2D eigenvalue weighted by molar-refractivity contribution is -0.139. The van der Waals surface area contributed by atoms with E-state index in [1.54, 1.807) is 0 Å². The van der Waals surface area contributed by atoms with E-state index in [4.69, 9.17) is 34.8 Å². The van der Waals surface area contributed by atoms with Crippen molar-refractivity contribution in [3.8, 4) is 11.3 Å². The van der Waals surface area contributed by atoms with Crippen molar-refractivity contribution < 1.29 is 17.6 Å². The maximum atomic E-state index is 13.5. The summed E-state index contributed by atoms with van der Waals surface area (Å²) in [5.74, 6) is -1.43. The molecule has 0 aliphatic heterocycles. The second-order valence-corrected chi connectivity index (χ2v) is 4.96. The van der Waals surface area contributed by atoms with Gasteiger partial charge in [-0.15, -0.1) is 0 Å². The highest BCUT2D eigenvalue weighted by Crippen LogP contribution is 2.40. The Labute approximate surface area is 126 Å². The Kier molecular flexibility index (Phi) is 4.14. The number of benzene rings is 1. The molecule has 0 saturated carbocycles. The van der Waals surface area contributed by atoms with Crippen molar-refractivity contribution in [1.82, 2.24) is 4.98 Å². The Bertz CT molecular complexity index is 647. The van der Waals surface area contributed by atoms with E-state index in [1.807, 2.05) is 0 Å². The van der Waals surface area contributed by atoms with Gasteiger partial charge in [0.2, 0.25) is 0 Å². The lowest BCUT2D eigenvalue weighted by atomic mass is 10.0. The van der Waals surface area contributed by atoms with Crippen LogP contribution in [0.1, 0.15) is 5.56 Å². The molecule has 106 valence electrons. The van der Waals surface area contributed by atoms with Crippen LogP contribution in [0.4, 0.5) is 17.6 Å². The van der Waals surface area contributed by atoms with Gasteiger partial charge in [0.25, 0.3) is 0 Å². The summed E-state index contributed by atoms with van der Waals surface area (Å²) >= 11 is 17.2. The lowest BCUT2D eigenvalue weighted by Gasteiger charge is -2.13. The zero-order valence-electron chi connectivity index (χ0n) is 9.40. The van der Waals surface area contributed by atoms with Gasteiger partial charge in [0, 0.05) is 11.8 Å². The van der Waals surface area contributed by atoms with Crippen molar-refractivity contribution in [2.24, 2.45) is 0 Å². The van der Waals surface area contributed by atoms with Crippen molar-refractivity contribution in [2.45, 2.75) is 6.18 Å². The molecule has 0 radical (unpaired) electrons. The normalized spacial score (nSPS) is 11.8. The van der Waals surface area contributed by atoms with Crippen LogP contribution in [0.5, 0.6) is 0 Å². The molecule has 0 spiro atoms. The third-order valence-electron chi connectivity index (χ3n) is 2.44. The van der Waals surface area contributed by atoms with Crippen LogP contribution in [-0.2, 0) is 6.18 Å². The average Bonchev–Trinajstić information content (AvgIpc) is 2.33. The number of alkyl halides is 3. The summed E-state index contributed by atoms with van der Waals surface area (Å²) in [5, 5.41) is -0.0938. The van der Waals surface area contributed by atoms with Crippen LogP contribution in [0.25, 0.3) is 11.3 Å². The minimum atomic E-state index is -4.90. The van der Waals surface area contributed by atoms with Gasteiger partial charge in [-0.3, -0.25) is 4.98 Å². The van der Waals surface area contributed by atoms with Crippen LogP contribution in [0, 0.1) is 5.82 Å². The Morgan fingerprint density at radius 1 is 1.00 bits per heavy atom. The molecule has 0 fully saturated rings. The van der Waals surface area contributed by atoms with Gasteiger partial charge in [-0.1, -0.05) is 34.8 Å². The van der Waals surface area contributed by atoms with E-state index >= 15 is 0 Å². The van der Waals surface area contributed by atoms with E-state index in [0.29, 0.717) is 6.07 Å². The van der Waals surface area contributed by atoms with E-state index in [0.717, 1.165) is 18.3 Å². The fraction of sp³-hybridized carbons (Fsp3) is 0.0833. The van der Waals surface area contributed by atoms with Gasteiger partial charge in [0.1, 0.15) is 11.4 Å². The lowest BCUT2D eigenvalue weighted by Crippen LogP contribution is -2.11. The van der Waals surface area contributed by atoms with Crippen molar-refractivity contribution in [1.29, 1.82) is 0 Å².